The Hall–Kier alpha value is 1.40. The highest BCUT2D eigenvalue weighted by Crippen LogP contribution is 2.15. The molecule has 0 saturated carbocycles. The Kier molecular flexibility index (Phi) is 7.09. The van der Waals surface area contributed by atoms with E-state index in [-0.39, 0.29) is 11.4 Å². The molecule has 0 aliphatic rings. The molecule has 0 heterocycles. The van der Waals surface area contributed by atoms with Gasteiger partial charge in [-0.05, 0) is 6.42 Å². The van der Waals surface area contributed by atoms with Crippen molar-refractivity contribution in [2.24, 2.45) is 0 Å². The summed E-state index contributed by atoms with van der Waals surface area (Å²) >= 11 is 10.1. The Bertz CT molecular complexity index is 61.2. The van der Waals surface area contributed by atoms with E-state index < -0.39 is 0 Å². The molecule has 0 amide bonds. The number of aliphatic hydroxyl groups is 1. The van der Waals surface area contributed by atoms with Crippen molar-refractivity contribution < 1.29 is 5.11 Å². The first kappa shape index (κ1) is 10.4. The van der Waals surface area contributed by atoms with Gasteiger partial charge in [0.25, 0.3) is 0 Å². The number of halogens is 3. The lowest BCUT2D eigenvalue weighted by molar-refractivity contribution is 0.293. The lowest BCUT2D eigenvalue weighted by Gasteiger charge is -2.08. The summed E-state index contributed by atoms with van der Waals surface area (Å²) in [5.41, 5.74) is 0. The molecule has 4 heteroatoms. The van der Waals surface area contributed by atoms with Crippen LogP contribution >= 0.6 is 47.8 Å². The first-order valence-corrected chi connectivity index (χ1v) is 5.61. The molecule has 0 fully saturated rings. The van der Waals surface area contributed by atoms with Crippen molar-refractivity contribution in [3.05, 3.63) is 0 Å². The first-order valence-electron chi connectivity index (χ1n) is 2.65. The van der Waals surface area contributed by atoms with Crippen LogP contribution in [0.4, 0.5) is 0 Å². The first-order chi connectivity index (χ1) is 4.20. The SMILES string of the molecule is OCC(Br)CC(Br)CBr. The number of hydrogen-bond donors (Lipinski definition) is 1. The van der Waals surface area contributed by atoms with Gasteiger partial charge in [0.05, 0.1) is 6.61 Å². The molecule has 0 aromatic heterocycles. The number of rotatable bonds is 4. The molecule has 0 rings (SSSR count). The predicted octanol–water partition coefficient (Wildman–Crippen LogP) is 2.29. The van der Waals surface area contributed by atoms with Crippen molar-refractivity contribution in [3.63, 3.8) is 0 Å². The van der Waals surface area contributed by atoms with Crippen molar-refractivity contribution in [3.8, 4) is 0 Å². The third kappa shape index (κ3) is 5.83. The van der Waals surface area contributed by atoms with Crippen molar-refractivity contribution in [1.82, 2.24) is 0 Å². The molecular formula is C5H9Br3O. The van der Waals surface area contributed by atoms with Gasteiger partial charge in [-0.25, -0.2) is 0 Å². The minimum absolute atomic E-state index is 0.203. The Morgan fingerprint density at radius 1 is 1.22 bits per heavy atom. The van der Waals surface area contributed by atoms with Crippen LogP contribution in [0.3, 0.4) is 0 Å². The molecule has 1 nitrogen and oxygen atoms in total. The second kappa shape index (κ2) is 6.13. The maximum absolute atomic E-state index is 8.60. The normalized spacial score (nSPS) is 17.3. The highest BCUT2D eigenvalue weighted by molar-refractivity contribution is 9.12. The van der Waals surface area contributed by atoms with E-state index in [9.17, 15) is 0 Å². The monoisotopic (exact) mass is 322 g/mol. The highest BCUT2D eigenvalue weighted by atomic mass is 79.9. The summed E-state index contributed by atoms with van der Waals surface area (Å²) in [6.45, 7) is 0.203. The van der Waals surface area contributed by atoms with Crippen LogP contribution in [0.5, 0.6) is 0 Å². The van der Waals surface area contributed by atoms with E-state index in [0.29, 0.717) is 4.83 Å². The molecule has 1 N–H and O–H groups in total. The van der Waals surface area contributed by atoms with Gasteiger partial charge >= 0.3 is 0 Å². The van der Waals surface area contributed by atoms with Crippen LogP contribution in [0.1, 0.15) is 6.42 Å². The summed E-state index contributed by atoms with van der Waals surface area (Å²) in [6, 6.07) is 0. The van der Waals surface area contributed by atoms with Crippen LogP contribution in [0, 0.1) is 0 Å². The largest absolute Gasteiger partial charge is 0.395 e. The van der Waals surface area contributed by atoms with Crippen LogP contribution in [0.25, 0.3) is 0 Å². The van der Waals surface area contributed by atoms with E-state index in [0.717, 1.165) is 11.8 Å². The minimum atomic E-state index is 0.203. The van der Waals surface area contributed by atoms with Crippen LogP contribution in [0.2, 0.25) is 0 Å². The molecule has 2 atom stereocenters. The van der Waals surface area contributed by atoms with Crippen molar-refractivity contribution in [2.45, 2.75) is 16.1 Å². The number of aliphatic hydroxyl groups excluding tert-OH is 1. The van der Waals surface area contributed by atoms with E-state index in [2.05, 4.69) is 47.8 Å². The predicted molar refractivity (Wildman–Crippen MR) is 50.9 cm³/mol. The standard InChI is InChI=1S/C5H9Br3O/c6-2-4(7)1-5(8)3-9/h4-5,9H,1-3H2. The summed E-state index contributed by atoms with van der Waals surface area (Å²) in [6.07, 6.45) is 0.946. The molecular weight excluding hydrogens is 316 g/mol. The van der Waals surface area contributed by atoms with Crippen molar-refractivity contribution in [1.29, 1.82) is 0 Å². The molecule has 0 aliphatic heterocycles. The summed E-state index contributed by atoms with van der Waals surface area (Å²) in [7, 11) is 0. The van der Waals surface area contributed by atoms with Crippen LogP contribution in [0.15, 0.2) is 0 Å². The zero-order valence-corrected chi connectivity index (χ0v) is 9.62. The van der Waals surface area contributed by atoms with E-state index >= 15 is 0 Å². The molecule has 0 bridgehead atoms. The fraction of sp³-hybridized carbons (Fsp3) is 1.00. The molecule has 0 saturated heterocycles. The minimum Gasteiger partial charge on any atom is -0.395 e. The Morgan fingerprint density at radius 3 is 2.11 bits per heavy atom. The van der Waals surface area contributed by atoms with Gasteiger partial charge in [0.2, 0.25) is 0 Å². The lowest BCUT2D eigenvalue weighted by atomic mass is 10.3. The lowest BCUT2D eigenvalue weighted by Crippen LogP contribution is -2.11. The van der Waals surface area contributed by atoms with Crippen molar-refractivity contribution in [2.75, 3.05) is 11.9 Å². The topological polar surface area (TPSA) is 20.2 Å². The Labute approximate surface area is 80.6 Å². The van der Waals surface area contributed by atoms with Crippen molar-refractivity contribution >= 4 is 47.8 Å². The molecule has 0 radical (unpaired) electrons. The number of hydrogen-bond acceptors (Lipinski definition) is 1. The van der Waals surface area contributed by atoms with E-state index in [1.165, 1.54) is 0 Å². The van der Waals surface area contributed by atoms with Gasteiger partial charge in [-0.3, -0.25) is 0 Å². The van der Waals surface area contributed by atoms with Crippen LogP contribution in [-0.2, 0) is 0 Å². The molecule has 0 aliphatic carbocycles. The number of alkyl halides is 3. The smallest absolute Gasteiger partial charge is 0.0556 e. The fourth-order valence-electron chi connectivity index (χ4n) is 0.415. The zero-order chi connectivity index (χ0) is 7.28. The molecule has 0 spiro atoms. The van der Waals surface area contributed by atoms with Gasteiger partial charge in [0.1, 0.15) is 0 Å². The third-order valence-electron chi connectivity index (χ3n) is 0.877. The molecule has 0 aromatic carbocycles. The van der Waals surface area contributed by atoms with Gasteiger partial charge in [-0.1, -0.05) is 47.8 Å². The molecule has 56 valence electrons. The Morgan fingerprint density at radius 2 is 1.78 bits per heavy atom. The van der Waals surface area contributed by atoms with Gasteiger partial charge in [-0.2, -0.15) is 0 Å². The summed E-state index contributed by atoms with van der Waals surface area (Å²) in [5.74, 6) is 0. The average molecular weight is 325 g/mol. The molecule has 9 heavy (non-hydrogen) atoms. The quantitative estimate of drug-likeness (QED) is 0.787. The zero-order valence-electron chi connectivity index (χ0n) is 4.86. The summed E-state index contributed by atoms with van der Waals surface area (Å²) in [4.78, 5) is 0.674. The average Bonchev–Trinajstić information content (AvgIpc) is 1.87. The van der Waals surface area contributed by atoms with Gasteiger partial charge in [0.15, 0.2) is 0 Å². The second-order valence-corrected chi connectivity index (χ2v) is 5.00. The maximum atomic E-state index is 8.60. The fourth-order valence-corrected chi connectivity index (χ4v) is 2.08. The molecule has 2 unspecified atom stereocenters. The second-order valence-electron chi connectivity index (χ2n) is 1.77. The third-order valence-corrected chi connectivity index (χ3v) is 3.89. The van der Waals surface area contributed by atoms with Crippen LogP contribution < -0.4 is 0 Å². The van der Waals surface area contributed by atoms with E-state index in [1.807, 2.05) is 0 Å². The van der Waals surface area contributed by atoms with Gasteiger partial charge in [0, 0.05) is 15.0 Å². The van der Waals surface area contributed by atoms with Gasteiger partial charge < -0.3 is 5.11 Å². The summed E-state index contributed by atoms with van der Waals surface area (Å²) < 4.78 is 0. The maximum Gasteiger partial charge on any atom is 0.0556 e. The molecule has 0 aromatic rings. The summed E-state index contributed by atoms with van der Waals surface area (Å²) in [5, 5.41) is 9.52. The van der Waals surface area contributed by atoms with Crippen LogP contribution in [-0.4, -0.2) is 26.7 Å². The van der Waals surface area contributed by atoms with E-state index in [1.54, 1.807) is 0 Å². The van der Waals surface area contributed by atoms with E-state index in [4.69, 9.17) is 5.11 Å². The Balaban J connectivity index is 3.22. The van der Waals surface area contributed by atoms with Gasteiger partial charge in [-0.15, -0.1) is 0 Å². The highest BCUT2D eigenvalue weighted by Gasteiger charge is 2.08.